The normalized spacial score (nSPS) is 11.6. The van der Waals surface area contributed by atoms with Gasteiger partial charge in [0.25, 0.3) is 11.8 Å². The van der Waals surface area contributed by atoms with E-state index in [2.05, 4.69) is 5.32 Å². The van der Waals surface area contributed by atoms with Crippen LogP contribution in [-0.4, -0.2) is 54.2 Å². The maximum atomic E-state index is 14.5. The molecular formula is C24H31FN2O4. The van der Waals surface area contributed by atoms with Gasteiger partial charge in [0, 0.05) is 13.1 Å². The standard InChI is InChI=1S/C24H31FN2O4/c1-3-13-27(14-4-2)24(30)23-20(25)11-8-12-21(23)31-17-22(29)26-19(16-28)15-18-9-6-5-7-10-18/h5-12,19,28H,3-4,13-17H2,1-2H3,(H,26,29)/t19-/m0/s1. The zero-order chi connectivity index (χ0) is 22.6. The molecule has 0 aromatic heterocycles. The van der Waals surface area contributed by atoms with Gasteiger partial charge < -0.3 is 20.1 Å². The van der Waals surface area contributed by atoms with E-state index in [4.69, 9.17) is 4.74 Å². The van der Waals surface area contributed by atoms with Crippen LogP contribution in [0.5, 0.6) is 5.75 Å². The first kappa shape index (κ1) is 24.3. The van der Waals surface area contributed by atoms with Crippen molar-refractivity contribution in [2.45, 2.75) is 39.2 Å². The molecule has 0 heterocycles. The molecule has 0 aliphatic heterocycles. The lowest BCUT2D eigenvalue weighted by Gasteiger charge is -2.23. The van der Waals surface area contributed by atoms with E-state index in [0.29, 0.717) is 19.5 Å². The van der Waals surface area contributed by atoms with Gasteiger partial charge in [0.1, 0.15) is 17.1 Å². The van der Waals surface area contributed by atoms with Crippen LogP contribution in [0.15, 0.2) is 48.5 Å². The molecule has 0 spiro atoms. The Kier molecular flexibility index (Phi) is 9.97. The Hall–Kier alpha value is -2.93. The molecule has 6 nitrogen and oxygen atoms in total. The van der Waals surface area contributed by atoms with Crippen molar-refractivity contribution in [3.05, 3.63) is 65.5 Å². The molecule has 0 unspecified atom stereocenters. The molecule has 0 aliphatic rings. The number of carbonyl (C=O) groups excluding carboxylic acids is 2. The Morgan fingerprint density at radius 3 is 2.35 bits per heavy atom. The molecule has 2 amide bonds. The van der Waals surface area contributed by atoms with Crippen LogP contribution >= 0.6 is 0 Å². The van der Waals surface area contributed by atoms with E-state index >= 15 is 0 Å². The smallest absolute Gasteiger partial charge is 0.260 e. The van der Waals surface area contributed by atoms with Crippen molar-refractivity contribution < 1.29 is 23.8 Å². The van der Waals surface area contributed by atoms with Crippen molar-refractivity contribution >= 4 is 11.8 Å². The fraction of sp³-hybridized carbons (Fsp3) is 0.417. The number of aliphatic hydroxyl groups excluding tert-OH is 1. The molecule has 0 saturated heterocycles. The summed E-state index contributed by atoms with van der Waals surface area (Å²) in [5.74, 6) is -1.57. The molecule has 0 aliphatic carbocycles. The molecule has 2 aromatic rings. The van der Waals surface area contributed by atoms with Gasteiger partial charge in [0.2, 0.25) is 0 Å². The van der Waals surface area contributed by atoms with Crippen LogP contribution in [0.25, 0.3) is 0 Å². The second kappa shape index (κ2) is 12.7. The number of benzene rings is 2. The first-order valence-electron chi connectivity index (χ1n) is 10.6. The molecule has 0 fully saturated rings. The highest BCUT2D eigenvalue weighted by molar-refractivity contribution is 5.97. The minimum Gasteiger partial charge on any atom is -0.483 e. The first-order valence-corrected chi connectivity index (χ1v) is 10.6. The highest BCUT2D eigenvalue weighted by atomic mass is 19.1. The van der Waals surface area contributed by atoms with E-state index in [-0.39, 0.29) is 17.9 Å². The third-order valence-electron chi connectivity index (χ3n) is 4.73. The fourth-order valence-corrected chi connectivity index (χ4v) is 3.32. The van der Waals surface area contributed by atoms with Crippen molar-refractivity contribution in [3.63, 3.8) is 0 Å². The Morgan fingerprint density at radius 2 is 1.74 bits per heavy atom. The summed E-state index contributed by atoms with van der Waals surface area (Å²) in [7, 11) is 0. The average Bonchev–Trinajstić information content (AvgIpc) is 2.77. The lowest BCUT2D eigenvalue weighted by Crippen LogP contribution is -2.41. The van der Waals surface area contributed by atoms with Crippen molar-refractivity contribution in [3.8, 4) is 5.75 Å². The highest BCUT2D eigenvalue weighted by Crippen LogP contribution is 2.23. The number of amides is 2. The van der Waals surface area contributed by atoms with Crippen molar-refractivity contribution in [2.24, 2.45) is 0 Å². The molecule has 31 heavy (non-hydrogen) atoms. The molecule has 0 radical (unpaired) electrons. The van der Waals surface area contributed by atoms with Crippen LogP contribution in [0.4, 0.5) is 4.39 Å². The predicted octanol–water partition coefficient (Wildman–Crippen LogP) is 3.19. The maximum Gasteiger partial charge on any atom is 0.260 e. The van der Waals surface area contributed by atoms with Crippen molar-refractivity contribution in [1.29, 1.82) is 0 Å². The number of hydrogen-bond donors (Lipinski definition) is 2. The van der Waals surface area contributed by atoms with E-state index in [0.717, 1.165) is 18.4 Å². The van der Waals surface area contributed by atoms with Gasteiger partial charge >= 0.3 is 0 Å². The molecular weight excluding hydrogens is 399 g/mol. The second-order valence-electron chi connectivity index (χ2n) is 7.33. The van der Waals surface area contributed by atoms with Gasteiger partial charge in [0.05, 0.1) is 12.6 Å². The van der Waals surface area contributed by atoms with E-state index < -0.39 is 30.3 Å². The number of carbonyl (C=O) groups is 2. The van der Waals surface area contributed by atoms with Gasteiger partial charge in [-0.25, -0.2) is 4.39 Å². The summed E-state index contributed by atoms with van der Waals surface area (Å²) in [6.45, 7) is 4.30. The SMILES string of the molecule is CCCN(CCC)C(=O)c1c(F)cccc1OCC(=O)N[C@H](CO)Cc1ccccc1. The summed E-state index contributed by atoms with van der Waals surface area (Å²) >= 11 is 0. The minimum atomic E-state index is -0.683. The predicted molar refractivity (Wildman–Crippen MR) is 118 cm³/mol. The van der Waals surface area contributed by atoms with Gasteiger partial charge in [-0.2, -0.15) is 0 Å². The number of nitrogens with zero attached hydrogens (tertiary/aromatic N) is 1. The summed E-state index contributed by atoms with van der Waals surface area (Å²) in [4.78, 5) is 26.8. The zero-order valence-corrected chi connectivity index (χ0v) is 18.1. The topological polar surface area (TPSA) is 78.9 Å². The average molecular weight is 431 g/mol. The number of halogens is 1. The van der Waals surface area contributed by atoms with E-state index in [1.165, 1.54) is 18.2 Å². The van der Waals surface area contributed by atoms with Crippen LogP contribution in [-0.2, 0) is 11.2 Å². The molecule has 0 bridgehead atoms. The van der Waals surface area contributed by atoms with Crippen LogP contribution in [0.2, 0.25) is 0 Å². The van der Waals surface area contributed by atoms with E-state index in [9.17, 15) is 19.1 Å². The van der Waals surface area contributed by atoms with Gasteiger partial charge in [-0.1, -0.05) is 50.2 Å². The summed E-state index contributed by atoms with van der Waals surface area (Å²) in [6, 6.07) is 13.1. The fourth-order valence-electron chi connectivity index (χ4n) is 3.32. The van der Waals surface area contributed by atoms with Gasteiger partial charge in [-0.15, -0.1) is 0 Å². The summed E-state index contributed by atoms with van der Waals surface area (Å²) in [5.41, 5.74) is 0.813. The highest BCUT2D eigenvalue weighted by Gasteiger charge is 2.23. The monoisotopic (exact) mass is 430 g/mol. The molecule has 168 valence electrons. The Balaban J connectivity index is 2.04. The Bertz CT molecular complexity index is 839. The van der Waals surface area contributed by atoms with Crippen LogP contribution in [0.3, 0.4) is 0 Å². The molecule has 7 heteroatoms. The second-order valence-corrected chi connectivity index (χ2v) is 7.33. The van der Waals surface area contributed by atoms with E-state index in [1.807, 2.05) is 44.2 Å². The molecule has 2 N–H and O–H groups in total. The summed E-state index contributed by atoms with van der Waals surface area (Å²) < 4.78 is 20.0. The van der Waals surface area contributed by atoms with Crippen LogP contribution in [0.1, 0.15) is 42.6 Å². The summed E-state index contributed by atoms with van der Waals surface area (Å²) in [5, 5.41) is 12.3. The number of nitrogens with one attached hydrogen (secondary N) is 1. The number of aliphatic hydroxyl groups is 1. The van der Waals surface area contributed by atoms with Crippen LogP contribution in [0, 0.1) is 5.82 Å². The quantitative estimate of drug-likeness (QED) is 0.542. The third-order valence-corrected chi connectivity index (χ3v) is 4.73. The van der Waals surface area contributed by atoms with Gasteiger partial charge in [0.15, 0.2) is 6.61 Å². The molecule has 2 rings (SSSR count). The maximum absolute atomic E-state index is 14.5. The minimum absolute atomic E-state index is 0.0287. The molecule has 0 saturated carbocycles. The Labute approximate surface area is 183 Å². The number of hydrogen-bond acceptors (Lipinski definition) is 4. The van der Waals surface area contributed by atoms with Crippen molar-refractivity contribution in [2.75, 3.05) is 26.3 Å². The molecule has 1 atom stereocenters. The van der Waals surface area contributed by atoms with Crippen LogP contribution < -0.4 is 10.1 Å². The molecule has 2 aromatic carbocycles. The lowest BCUT2D eigenvalue weighted by molar-refractivity contribution is -0.124. The third kappa shape index (κ3) is 7.36. The lowest BCUT2D eigenvalue weighted by atomic mass is 10.1. The van der Waals surface area contributed by atoms with Crippen molar-refractivity contribution in [1.82, 2.24) is 10.2 Å². The number of rotatable bonds is 12. The van der Waals surface area contributed by atoms with E-state index in [1.54, 1.807) is 4.90 Å². The van der Waals surface area contributed by atoms with Gasteiger partial charge in [-0.05, 0) is 37.0 Å². The Morgan fingerprint density at radius 1 is 1.06 bits per heavy atom. The number of ether oxygens (including phenoxy) is 1. The zero-order valence-electron chi connectivity index (χ0n) is 18.1. The first-order chi connectivity index (χ1) is 15.0. The largest absolute Gasteiger partial charge is 0.483 e. The summed E-state index contributed by atoms with van der Waals surface area (Å²) in [6.07, 6.45) is 1.97. The van der Waals surface area contributed by atoms with Gasteiger partial charge in [-0.3, -0.25) is 9.59 Å².